The van der Waals surface area contributed by atoms with E-state index < -0.39 is 0 Å². The second kappa shape index (κ2) is 17.2. The van der Waals surface area contributed by atoms with Gasteiger partial charge in [-0.15, -0.1) is 0 Å². The van der Waals surface area contributed by atoms with Crippen LogP contribution in [-0.2, 0) is 14.2 Å². The van der Waals surface area contributed by atoms with Gasteiger partial charge in [0, 0.05) is 5.41 Å². The molecule has 0 radical (unpaired) electrons. The van der Waals surface area contributed by atoms with Gasteiger partial charge in [0.25, 0.3) is 0 Å². The summed E-state index contributed by atoms with van der Waals surface area (Å²) in [6, 6.07) is 0. The Morgan fingerprint density at radius 1 is 0.553 bits per heavy atom. The van der Waals surface area contributed by atoms with Gasteiger partial charge in [-0.3, -0.25) is 0 Å². The van der Waals surface area contributed by atoms with E-state index >= 15 is 0 Å². The van der Waals surface area contributed by atoms with E-state index in [1.807, 2.05) is 0 Å². The van der Waals surface area contributed by atoms with Crippen LogP contribution in [0.4, 0.5) is 0 Å². The molecule has 0 bridgehead atoms. The van der Waals surface area contributed by atoms with E-state index in [2.05, 4.69) is 13.8 Å². The first-order chi connectivity index (χ1) is 23.1. The van der Waals surface area contributed by atoms with E-state index in [0.717, 1.165) is 26.2 Å². The van der Waals surface area contributed by atoms with Crippen molar-refractivity contribution in [2.45, 2.75) is 212 Å². The summed E-state index contributed by atoms with van der Waals surface area (Å²) >= 11 is 0. The van der Waals surface area contributed by atoms with Gasteiger partial charge in [0.05, 0.1) is 25.4 Å². The molecular formula is C44H72O3. The van der Waals surface area contributed by atoms with Crippen molar-refractivity contribution >= 4 is 0 Å². The summed E-state index contributed by atoms with van der Waals surface area (Å²) in [6.45, 7) is 7.52. The van der Waals surface area contributed by atoms with Crippen LogP contribution in [0.25, 0.3) is 0 Å². The summed E-state index contributed by atoms with van der Waals surface area (Å²) in [5.74, 6) is 2.79. The maximum atomic E-state index is 7.54. The first kappa shape index (κ1) is 35.8. The van der Waals surface area contributed by atoms with Crippen molar-refractivity contribution in [1.82, 2.24) is 0 Å². The van der Waals surface area contributed by atoms with E-state index in [9.17, 15) is 0 Å². The second-order valence-electron chi connectivity index (χ2n) is 17.0. The average Bonchev–Trinajstić information content (AvgIpc) is 3.85. The Morgan fingerprint density at radius 2 is 0.936 bits per heavy atom. The van der Waals surface area contributed by atoms with E-state index in [0.29, 0.717) is 0 Å². The molecule has 0 amide bonds. The van der Waals surface area contributed by atoms with Crippen LogP contribution in [-0.4, -0.2) is 25.4 Å². The fourth-order valence-electron chi connectivity index (χ4n) is 10.0. The zero-order valence-electron chi connectivity index (χ0n) is 31.1. The van der Waals surface area contributed by atoms with Crippen molar-refractivity contribution < 1.29 is 14.2 Å². The van der Waals surface area contributed by atoms with Crippen molar-refractivity contribution in [3.8, 4) is 0 Å². The molecule has 2 heterocycles. The highest BCUT2D eigenvalue weighted by Crippen LogP contribution is 2.72. The maximum Gasteiger partial charge on any atom is 0.136 e. The highest BCUT2D eigenvalue weighted by atomic mass is 16.6. The molecular weight excluding hydrogens is 576 g/mol. The molecule has 0 N–H and O–H groups in total. The fraction of sp³-hybridized carbons (Fsp3) is 0.864. The lowest BCUT2D eigenvalue weighted by molar-refractivity contribution is -0.185. The molecule has 6 aliphatic rings. The Morgan fingerprint density at radius 3 is 1.28 bits per heavy atom. The predicted molar refractivity (Wildman–Crippen MR) is 196 cm³/mol. The van der Waals surface area contributed by atoms with Gasteiger partial charge in [0.2, 0.25) is 0 Å². The Balaban J connectivity index is 1.49. The van der Waals surface area contributed by atoms with Gasteiger partial charge in [0.15, 0.2) is 0 Å². The van der Waals surface area contributed by atoms with Gasteiger partial charge in [-0.2, -0.15) is 0 Å². The largest absolute Gasteiger partial charge is 0.463 e. The minimum Gasteiger partial charge on any atom is -0.463 e. The molecule has 0 atom stereocenters. The maximum absolute atomic E-state index is 7.54. The van der Waals surface area contributed by atoms with Gasteiger partial charge >= 0.3 is 0 Å². The van der Waals surface area contributed by atoms with Gasteiger partial charge in [-0.25, -0.2) is 0 Å². The normalized spacial score (nSPS) is 27.9. The summed E-state index contributed by atoms with van der Waals surface area (Å²) in [5, 5.41) is 0. The summed E-state index contributed by atoms with van der Waals surface area (Å²) in [7, 11) is 0. The van der Waals surface area contributed by atoms with Crippen molar-refractivity contribution in [3.05, 3.63) is 33.8 Å². The van der Waals surface area contributed by atoms with Crippen LogP contribution in [0.3, 0.4) is 0 Å². The third kappa shape index (κ3) is 8.13. The molecule has 0 unspecified atom stereocenters. The third-order valence-corrected chi connectivity index (χ3v) is 13.6. The summed E-state index contributed by atoms with van der Waals surface area (Å²) in [6.07, 6.45) is 40.0. The summed E-state index contributed by atoms with van der Waals surface area (Å²) in [4.78, 5) is 0. The number of allylic oxidation sites excluding steroid dienone is 3. The zero-order chi connectivity index (χ0) is 32.4. The Labute approximate surface area is 290 Å². The van der Waals surface area contributed by atoms with Crippen LogP contribution >= 0.6 is 0 Å². The smallest absolute Gasteiger partial charge is 0.136 e. The number of ether oxygens (including phenoxy) is 3. The molecule has 6 rings (SSSR count). The highest BCUT2D eigenvalue weighted by Gasteiger charge is 2.73. The number of rotatable bonds is 6. The van der Waals surface area contributed by atoms with Crippen LogP contribution in [0.15, 0.2) is 33.8 Å². The van der Waals surface area contributed by atoms with Crippen molar-refractivity contribution in [2.24, 2.45) is 10.8 Å². The van der Waals surface area contributed by atoms with Crippen molar-refractivity contribution in [1.29, 1.82) is 0 Å². The van der Waals surface area contributed by atoms with Crippen LogP contribution in [0.1, 0.15) is 206 Å². The topological polar surface area (TPSA) is 27.7 Å². The lowest BCUT2D eigenvalue weighted by Gasteiger charge is -2.55. The third-order valence-electron chi connectivity index (χ3n) is 13.6. The molecule has 0 spiro atoms. The predicted octanol–water partition coefficient (Wildman–Crippen LogP) is 13.4. The minimum absolute atomic E-state index is 0.148. The lowest BCUT2D eigenvalue weighted by atomic mass is 9.61. The molecule has 4 aliphatic carbocycles. The average molecular weight is 649 g/mol. The van der Waals surface area contributed by atoms with E-state index in [1.54, 1.807) is 22.3 Å². The van der Waals surface area contributed by atoms with Gasteiger partial charge in [-0.1, -0.05) is 114 Å². The van der Waals surface area contributed by atoms with Gasteiger partial charge in [-0.05, 0) is 114 Å². The Hall–Kier alpha value is -1.06. The fourth-order valence-corrected chi connectivity index (χ4v) is 10.0. The monoisotopic (exact) mass is 649 g/mol. The standard InChI is InChI=1S/C44H72O3/c1-3-42(33-45-34-42)35-46-43(31-32-43)44(36(2)37-25-19-13-7-4-8-14-20-26-37)40(38-27-21-15-9-5-10-16-22-28-38)47-41(44)39-29-23-17-11-6-12-18-24-30-39/h3-35H2,1-2H3. The van der Waals surface area contributed by atoms with E-state index in [4.69, 9.17) is 14.2 Å². The lowest BCUT2D eigenvalue weighted by Crippen LogP contribution is -2.55. The first-order valence-corrected chi connectivity index (χ1v) is 21.2. The molecule has 2 aliphatic heterocycles. The van der Waals surface area contributed by atoms with E-state index in [-0.39, 0.29) is 16.4 Å². The molecule has 4 saturated carbocycles. The highest BCUT2D eigenvalue weighted by molar-refractivity contribution is 5.55. The van der Waals surface area contributed by atoms with Gasteiger partial charge in [0.1, 0.15) is 16.9 Å². The second-order valence-corrected chi connectivity index (χ2v) is 17.0. The van der Waals surface area contributed by atoms with Gasteiger partial charge < -0.3 is 14.2 Å². The Kier molecular flexibility index (Phi) is 13.1. The SMILES string of the molecule is CCC1(COC2(C3(C(C)=C4CCCCCCCCC4)C(=C4CCCCCCCCC4)OC3=C3CCCCCCCCC3)CC2)COC1. The van der Waals surface area contributed by atoms with Crippen LogP contribution in [0.2, 0.25) is 0 Å². The molecule has 0 aromatic carbocycles. The molecule has 0 aromatic heterocycles. The van der Waals surface area contributed by atoms with Crippen LogP contribution in [0.5, 0.6) is 0 Å². The molecule has 47 heavy (non-hydrogen) atoms. The number of hydrogen-bond acceptors (Lipinski definition) is 3. The molecule has 0 aromatic rings. The molecule has 3 heteroatoms. The Bertz CT molecular complexity index is 963. The summed E-state index contributed by atoms with van der Waals surface area (Å²) < 4.78 is 20.8. The van der Waals surface area contributed by atoms with Crippen LogP contribution in [0, 0.1) is 10.8 Å². The molecule has 2 saturated heterocycles. The van der Waals surface area contributed by atoms with E-state index in [1.165, 1.54) is 198 Å². The summed E-state index contributed by atoms with van der Waals surface area (Å²) in [5.41, 5.74) is 6.67. The molecule has 266 valence electrons. The first-order valence-electron chi connectivity index (χ1n) is 21.2. The molecule has 3 nitrogen and oxygen atoms in total. The van der Waals surface area contributed by atoms with Crippen LogP contribution < -0.4 is 0 Å². The quantitative estimate of drug-likeness (QED) is 0.268. The van der Waals surface area contributed by atoms with Crippen molar-refractivity contribution in [2.75, 3.05) is 19.8 Å². The zero-order valence-corrected chi connectivity index (χ0v) is 31.1. The number of hydrogen-bond donors (Lipinski definition) is 0. The molecule has 6 fully saturated rings. The van der Waals surface area contributed by atoms with Crippen molar-refractivity contribution in [3.63, 3.8) is 0 Å². The minimum atomic E-state index is -0.176.